The van der Waals surface area contributed by atoms with Gasteiger partial charge in [-0.3, -0.25) is 4.79 Å². The molecule has 1 saturated carbocycles. The molecule has 1 N–H and O–H groups in total. The average molecular weight is 394 g/mol. The zero-order valence-corrected chi connectivity index (χ0v) is 14.0. The summed E-state index contributed by atoms with van der Waals surface area (Å²) in [5.41, 5.74) is 0.811. The van der Waals surface area contributed by atoms with Crippen LogP contribution in [0.4, 0.5) is 5.13 Å². The number of hydrogen-bond acceptors (Lipinski definition) is 3. The predicted octanol–water partition coefficient (Wildman–Crippen LogP) is 3.86. The lowest BCUT2D eigenvalue weighted by Crippen LogP contribution is -2.25. The second kappa shape index (κ2) is 4.28. The number of anilines is 1. The zero-order chi connectivity index (χ0) is 13.0. The Morgan fingerprint density at radius 1 is 1.39 bits per heavy atom. The summed E-state index contributed by atoms with van der Waals surface area (Å²) in [6, 6.07) is 0. The molecule has 98 valence electrons. The fourth-order valence-corrected chi connectivity index (χ4v) is 4.81. The molecule has 2 aliphatic rings. The van der Waals surface area contributed by atoms with E-state index in [1.54, 1.807) is 11.3 Å². The molecule has 18 heavy (non-hydrogen) atoms. The molecule has 0 spiro atoms. The van der Waals surface area contributed by atoms with Gasteiger partial charge < -0.3 is 5.32 Å². The Labute approximate surface area is 127 Å². The molecule has 1 amide bonds. The van der Waals surface area contributed by atoms with Crippen molar-refractivity contribution in [2.24, 2.45) is 5.41 Å². The Morgan fingerprint density at radius 3 is 2.67 bits per heavy atom. The molecule has 0 aromatic carbocycles. The van der Waals surface area contributed by atoms with Crippen molar-refractivity contribution >= 4 is 54.2 Å². The van der Waals surface area contributed by atoms with Crippen molar-refractivity contribution in [3.05, 3.63) is 10.6 Å². The molecule has 0 saturated heterocycles. The second-order valence-electron chi connectivity index (χ2n) is 5.26. The van der Waals surface area contributed by atoms with Gasteiger partial charge in [0, 0.05) is 4.88 Å². The van der Waals surface area contributed by atoms with Gasteiger partial charge in [0.1, 0.15) is 0 Å². The van der Waals surface area contributed by atoms with Crippen molar-refractivity contribution in [1.29, 1.82) is 0 Å². The van der Waals surface area contributed by atoms with E-state index in [9.17, 15) is 4.79 Å². The summed E-state index contributed by atoms with van der Waals surface area (Å²) >= 11 is 8.67. The van der Waals surface area contributed by atoms with E-state index >= 15 is 0 Å². The fraction of sp³-hybridized carbons (Fsp3) is 0.667. The number of fused-ring (bicyclic) bond motifs is 1. The number of amides is 1. The highest BCUT2D eigenvalue weighted by Gasteiger charge is 2.66. The smallest absolute Gasteiger partial charge is 0.234 e. The molecular formula is C12H14Br2N2OS. The third kappa shape index (κ3) is 2.06. The molecule has 1 fully saturated rings. The molecule has 3 rings (SSSR count). The molecule has 0 aliphatic heterocycles. The predicted molar refractivity (Wildman–Crippen MR) is 80.7 cm³/mol. The SMILES string of the molecule is CC1(C(=O)Nc2nc3c(s2)CCCC3)CC1(Br)Br. The van der Waals surface area contributed by atoms with Gasteiger partial charge in [0.15, 0.2) is 5.13 Å². The third-order valence-corrected chi connectivity index (χ3v) is 7.21. The van der Waals surface area contributed by atoms with E-state index < -0.39 is 0 Å². The Morgan fingerprint density at radius 2 is 2.06 bits per heavy atom. The summed E-state index contributed by atoms with van der Waals surface area (Å²) in [7, 11) is 0. The van der Waals surface area contributed by atoms with Crippen LogP contribution < -0.4 is 5.32 Å². The number of thiazole rings is 1. The molecule has 3 nitrogen and oxygen atoms in total. The highest BCUT2D eigenvalue weighted by Crippen LogP contribution is 2.66. The van der Waals surface area contributed by atoms with Gasteiger partial charge in [0.05, 0.1) is 14.3 Å². The maximum Gasteiger partial charge on any atom is 0.234 e. The topological polar surface area (TPSA) is 42.0 Å². The molecule has 6 heteroatoms. The number of carbonyl (C=O) groups is 1. The Bertz CT molecular complexity index is 491. The van der Waals surface area contributed by atoms with Crippen molar-refractivity contribution in [2.45, 2.75) is 42.3 Å². The normalized spacial score (nSPS) is 28.6. The first-order valence-corrected chi connectivity index (χ1v) is 8.50. The van der Waals surface area contributed by atoms with Crippen LogP contribution in [0.5, 0.6) is 0 Å². The summed E-state index contributed by atoms with van der Waals surface area (Å²) in [6.07, 6.45) is 5.43. The van der Waals surface area contributed by atoms with Crippen molar-refractivity contribution in [2.75, 3.05) is 5.32 Å². The summed E-state index contributed by atoms with van der Waals surface area (Å²) < 4.78 is -0.242. The van der Waals surface area contributed by atoms with Gasteiger partial charge in [0.2, 0.25) is 5.91 Å². The molecule has 1 aromatic heterocycles. The lowest BCUT2D eigenvalue weighted by Gasteiger charge is -2.10. The quantitative estimate of drug-likeness (QED) is 0.775. The van der Waals surface area contributed by atoms with E-state index in [-0.39, 0.29) is 14.6 Å². The minimum atomic E-state index is -0.376. The van der Waals surface area contributed by atoms with E-state index in [0.29, 0.717) is 0 Å². The number of halogens is 2. The molecule has 1 unspecified atom stereocenters. The van der Waals surface area contributed by atoms with Crippen molar-refractivity contribution in [3.63, 3.8) is 0 Å². The second-order valence-corrected chi connectivity index (χ2v) is 10.1. The van der Waals surface area contributed by atoms with Crippen LogP contribution >= 0.6 is 43.2 Å². The lowest BCUT2D eigenvalue weighted by atomic mass is 10.0. The van der Waals surface area contributed by atoms with Crippen LogP contribution in [0, 0.1) is 5.41 Å². The Kier molecular flexibility index (Phi) is 3.11. The number of alkyl halides is 2. The van der Waals surface area contributed by atoms with Gasteiger partial charge in [-0.05, 0) is 39.0 Å². The van der Waals surface area contributed by atoms with Crippen molar-refractivity contribution in [3.8, 4) is 0 Å². The van der Waals surface area contributed by atoms with Gasteiger partial charge in [-0.1, -0.05) is 31.9 Å². The maximum absolute atomic E-state index is 12.2. The molecule has 1 atom stereocenters. The van der Waals surface area contributed by atoms with Crippen LogP contribution in [-0.2, 0) is 17.6 Å². The fourth-order valence-electron chi connectivity index (χ4n) is 2.29. The molecule has 1 aromatic rings. The molecule has 0 bridgehead atoms. The lowest BCUT2D eigenvalue weighted by molar-refractivity contribution is -0.120. The first-order chi connectivity index (χ1) is 8.42. The number of aromatic nitrogens is 1. The molecule has 0 radical (unpaired) electrons. The highest BCUT2D eigenvalue weighted by atomic mass is 79.9. The summed E-state index contributed by atoms with van der Waals surface area (Å²) in [4.78, 5) is 18.1. The van der Waals surface area contributed by atoms with Crippen LogP contribution in [0.15, 0.2) is 0 Å². The zero-order valence-electron chi connectivity index (χ0n) is 10.1. The summed E-state index contributed by atoms with van der Waals surface area (Å²) in [5.74, 6) is 0.0438. The largest absolute Gasteiger partial charge is 0.301 e. The van der Waals surface area contributed by atoms with Gasteiger partial charge in [-0.2, -0.15) is 0 Å². The maximum atomic E-state index is 12.2. The van der Waals surface area contributed by atoms with Crippen LogP contribution in [-0.4, -0.2) is 14.1 Å². The number of nitrogens with one attached hydrogen (secondary N) is 1. The van der Waals surface area contributed by atoms with Gasteiger partial charge in [-0.25, -0.2) is 4.98 Å². The molecule has 2 aliphatic carbocycles. The Hall–Kier alpha value is 0.0600. The van der Waals surface area contributed by atoms with E-state index in [2.05, 4.69) is 42.2 Å². The number of nitrogens with zero attached hydrogens (tertiary/aromatic N) is 1. The minimum absolute atomic E-state index is 0.0438. The minimum Gasteiger partial charge on any atom is -0.301 e. The highest BCUT2D eigenvalue weighted by molar-refractivity contribution is 9.25. The summed E-state index contributed by atoms with van der Waals surface area (Å²) in [6.45, 7) is 1.96. The van der Waals surface area contributed by atoms with Crippen LogP contribution in [0.2, 0.25) is 0 Å². The van der Waals surface area contributed by atoms with Crippen LogP contribution in [0.1, 0.15) is 36.8 Å². The van der Waals surface area contributed by atoms with E-state index in [0.717, 1.165) is 24.4 Å². The molecular weight excluding hydrogens is 380 g/mol. The first kappa shape index (κ1) is 13.1. The van der Waals surface area contributed by atoms with Gasteiger partial charge in [-0.15, -0.1) is 11.3 Å². The number of carbonyl (C=O) groups excluding carboxylic acids is 1. The van der Waals surface area contributed by atoms with E-state index in [1.807, 2.05) is 6.92 Å². The average Bonchev–Trinajstić information content (AvgIpc) is 2.69. The van der Waals surface area contributed by atoms with Gasteiger partial charge in [0.25, 0.3) is 0 Å². The van der Waals surface area contributed by atoms with Crippen molar-refractivity contribution in [1.82, 2.24) is 4.98 Å². The molecule has 1 heterocycles. The van der Waals surface area contributed by atoms with Crippen LogP contribution in [0.25, 0.3) is 0 Å². The van der Waals surface area contributed by atoms with E-state index in [4.69, 9.17) is 0 Å². The van der Waals surface area contributed by atoms with Crippen LogP contribution in [0.3, 0.4) is 0 Å². The third-order valence-electron chi connectivity index (χ3n) is 3.83. The number of rotatable bonds is 2. The number of aryl methyl sites for hydroxylation is 2. The Balaban J connectivity index is 1.74. The monoisotopic (exact) mass is 392 g/mol. The van der Waals surface area contributed by atoms with E-state index in [1.165, 1.54) is 23.4 Å². The summed E-state index contributed by atoms with van der Waals surface area (Å²) in [5, 5.41) is 3.73. The standard InChI is InChI=1S/C12H14Br2N2OS/c1-11(6-12(11,13)14)9(17)16-10-15-7-4-2-3-5-8(7)18-10/h2-6H2,1H3,(H,15,16,17). The van der Waals surface area contributed by atoms with Crippen molar-refractivity contribution < 1.29 is 4.79 Å². The number of hydrogen-bond donors (Lipinski definition) is 1. The van der Waals surface area contributed by atoms with Gasteiger partial charge >= 0.3 is 0 Å². The first-order valence-electron chi connectivity index (χ1n) is 6.10.